The summed E-state index contributed by atoms with van der Waals surface area (Å²) in [5.41, 5.74) is 21.8. The van der Waals surface area contributed by atoms with E-state index in [9.17, 15) is 9.59 Å². The molecule has 0 rings (SSSR count). The van der Waals surface area contributed by atoms with Crippen LogP contribution in [0.5, 0.6) is 0 Å². The van der Waals surface area contributed by atoms with Gasteiger partial charge in [0, 0.05) is 49.1 Å². The Morgan fingerprint density at radius 2 is 0.837 bits per heavy atom. The Balaban J connectivity index is 4.19. The molecule has 0 radical (unpaired) electrons. The Hall–Kier alpha value is -2.88. The maximum atomic E-state index is 12.6. The van der Waals surface area contributed by atoms with E-state index in [4.69, 9.17) is 59.4 Å². The summed E-state index contributed by atoms with van der Waals surface area (Å²) in [4.78, 5) is 32.1. The highest BCUT2D eigenvalue weighted by Crippen LogP contribution is 1.92. The lowest BCUT2D eigenvalue weighted by molar-refractivity contribution is -0.125. The predicted octanol–water partition coefficient (Wildman–Crippen LogP) is -0.750. The molecule has 49 heavy (non-hydrogen) atoms. The molecule has 0 spiro atoms. The number of nitrogens with two attached hydrogens (primary N) is 1. The molecule has 284 valence electrons. The molecule has 21 heteroatoms. The second-order valence-corrected chi connectivity index (χ2v) is 9.62. The Kier molecular flexibility index (Phi) is 37.2. The van der Waals surface area contributed by atoms with Crippen LogP contribution in [0.3, 0.4) is 0 Å². The van der Waals surface area contributed by atoms with E-state index in [1.165, 1.54) is 0 Å². The number of nitrogens with zero attached hydrogens (tertiary/aromatic N) is 7. The van der Waals surface area contributed by atoms with Gasteiger partial charge >= 0.3 is 0 Å². The molecule has 0 aromatic rings. The first-order valence-electron chi connectivity index (χ1n) is 16.3. The number of ether oxygens (including phenoxy) is 9. The van der Waals surface area contributed by atoms with Crippen molar-refractivity contribution in [1.82, 2.24) is 15.5 Å². The number of nitrogens with one attached hydrogen (secondary N) is 2. The van der Waals surface area contributed by atoms with E-state index in [2.05, 4.69) is 30.7 Å². The van der Waals surface area contributed by atoms with Gasteiger partial charge in [0.1, 0.15) is 0 Å². The average molecular weight is 709 g/mol. The molecular formula is C28H56N10O11. The largest absolute Gasteiger partial charge is 0.379 e. The Bertz CT molecular complexity index is 813. The van der Waals surface area contributed by atoms with E-state index < -0.39 is 0 Å². The average Bonchev–Trinajstić information content (AvgIpc) is 3.09. The van der Waals surface area contributed by atoms with Gasteiger partial charge in [-0.15, -0.1) is 0 Å². The zero-order chi connectivity index (χ0) is 35.7. The van der Waals surface area contributed by atoms with E-state index in [-0.39, 0.29) is 38.0 Å². The zero-order valence-corrected chi connectivity index (χ0v) is 28.6. The maximum Gasteiger partial charge on any atom is 0.234 e. The van der Waals surface area contributed by atoms with Crippen molar-refractivity contribution in [3.8, 4) is 0 Å². The Labute approximate surface area is 287 Å². The highest BCUT2D eigenvalue weighted by Gasteiger charge is 2.14. The summed E-state index contributed by atoms with van der Waals surface area (Å²) in [7, 11) is 0. The fraction of sp³-hybridized carbons (Fsp3) is 0.929. The summed E-state index contributed by atoms with van der Waals surface area (Å²) >= 11 is 0. The van der Waals surface area contributed by atoms with Gasteiger partial charge in [-0.1, -0.05) is 10.2 Å². The van der Waals surface area contributed by atoms with Gasteiger partial charge in [0.25, 0.3) is 0 Å². The lowest BCUT2D eigenvalue weighted by Crippen LogP contribution is -2.45. The fourth-order valence-electron chi connectivity index (χ4n) is 3.46. The van der Waals surface area contributed by atoms with Crippen molar-refractivity contribution in [2.24, 2.45) is 16.0 Å². The van der Waals surface area contributed by atoms with Gasteiger partial charge in [-0.05, 0) is 11.1 Å². The zero-order valence-electron chi connectivity index (χ0n) is 28.6. The maximum absolute atomic E-state index is 12.6. The van der Waals surface area contributed by atoms with Crippen LogP contribution < -0.4 is 16.4 Å². The molecule has 0 bridgehead atoms. The van der Waals surface area contributed by atoms with E-state index in [1.54, 1.807) is 4.90 Å². The molecule has 21 nitrogen and oxygen atoms in total. The van der Waals surface area contributed by atoms with Gasteiger partial charge in [0.15, 0.2) is 0 Å². The Morgan fingerprint density at radius 1 is 0.510 bits per heavy atom. The molecule has 0 heterocycles. The standard InChI is InChI=1S/C28H56N10O11/c29-1-7-41-13-19-47-24-18-46-12-6-38(25-27(39)32-2-8-42-14-20-48-22-16-44-10-4-34-36-30)26-28(40)33-3-9-43-15-21-49-23-17-45-11-5-35-37-31/h1-26,29H2,(H,32,39)(H,33,40). The molecule has 0 aliphatic carbocycles. The SMILES string of the molecule is [N-]=[N+]=NCCOCCOCCOCCNC(=O)CN(CCOCCOCCOCCN)CC(=O)NCCOCCOCCOCCN=[N+]=[N-]. The van der Waals surface area contributed by atoms with Crippen LogP contribution in [0.15, 0.2) is 10.2 Å². The molecule has 0 aliphatic rings. The molecule has 0 aromatic heterocycles. The van der Waals surface area contributed by atoms with Crippen molar-refractivity contribution in [3.05, 3.63) is 20.9 Å². The van der Waals surface area contributed by atoms with Crippen LogP contribution in [-0.2, 0) is 52.2 Å². The normalized spacial score (nSPS) is 10.9. The van der Waals surface area contributed by atoms with E-state index >= 15 is 0 Å². The molecule has 0 unspecified atom stereocenters. The van der Waals surface area contributed by atoms with Crippen LogP contribution in [0.25, 0.3) is 20.9 Å². The number of rotatable bonds is 39. The van der Waals surface area contributed by atoms with E-state index in [1.807, 2.05) is 0 Å². The topological polar surface area (TPSA) is 268 Å². The molecule has 4 N–H and O–H groups in total. The van der Waals surface area contributed by atoms with Crippen molar-refractivity contribution >= 4 is 11.8 Å². The first-order chi connectivity index (χ1) is 24.1. The first-order valence-corrected chi connectivity index (χ1v) is 16.3. The molecule has 0 fully saturated rings. The van der Waals surface area contributed by atoms with Gasteiger partial charge in [0.05, 0.1) is 132 Å². The molecular weight excluding hydrogens is 652 g/mol. The monoisotopic (exact) mass is 708 g/mol. The summed E-state index contributed by atoms with van der Waals surface area (Å²) in [6.45, 7) is 8.73. The van der Waals surface area contributed by atoms with Crippen LogP contribution in [0.4, 0.5) is 0 Å². The molecule has 2 amide bonds. The first kappa shape index (κ1) is 46.1. The summed E-state index contributed by atoms with van der Waals surface area (Å²) < 4.78 is 48.5. The smallest absolute Gasteiger partial charge is 0.234 e. The number of azide groups is 2. The van der Waals surface area contributed by atoms with Crippen molar-refractivity contribution in [1.29, 1.82) is 0 Å². The molecule has 0 aliphatic heterocycles. The van der Waals surface area contributed by atoms with Crippen LogP contribution in [-0.4, -0.2) is 188 Å². The highest BCUT2D eigenvalue weighted by molar-refractivity contribution is 5.81. The number of hydrogen-bond donors (Lipinski definition) is 3. The minimum absolute atomic E-state index is 0.00234. The van der Waals surface area contributed by atoms with E-state index in [0.717, 1.165) is 0 Å². The number of amides is 2. The van der Waals surface area contributed by atoms with Crippen molar-refractivity contribution in [2.45, 2.75) is 0 Å². The van der Waals surface area contributed by atoms with Gasteiger partial charge in [-0.25, -0.2) is 0 Å². The summed E-state index contributed by atoms with van der Waals surface area (Å²) in [6.07, 6.45) is 0. The molecule has 0 saturated carbocycles. The second-order valence-electron chi connectivity index (χ2n) is 9.62. The lowest BCUT2D eigenvalue weighted by Gasteiger charge is -2.21. The lowest BCUT2D eigenvalue weighted by atomic mass is 10.4. The number of hydrogen-bond acceptors (Lipinski definition) is 15. The summed E-state index contributed by atoms with van der Waals surface area (Å²) in [5.74, 6) is -0.508. The highest BCUT2D eigenvalue weighted by atomic mass is 16.6. The van der Waals surface area contributed by atoms with Crippen LogP contribution in [0.1, 0.15) is 0 Å². The Morgan fingerprint density at radius 3 is 1.20 bits per heavy atom. The predicted molar refractivity (Wildman–Crippen MR) is 177 cm³/mol. The van der Waals surface area contributed by atoms with Crippen LogP contribution in [0, 0.1) is 0 Å². The van der Waals surface area contributed by atoms with Gasteiger partial charge in [-0.3, -0.25) is 14.5 Å². The van der Waals surface area contributed by atoms with E-state index in [0.29, 0.717) is 145 Å². The summed E-state index contributed by atoms with van der Waals surface area (Å²) in [5, 5.41) is 12.3. The molecule has 0 saturated heterocycles. The number of carbonyl (C=O) groups excluding carboxylic acids is 2. The van der Waals surface area contributed by atoms with Crippen molar-refractivity contribution < 1.29 is 52.2 Å². The van der Waals surface area contributed by atoms with Crippen LogP contribution >= 0.6 is 0 Å². The third kappa shape index (κ3) is 37.8. The van der Waals surface area contributed by atoms with Crippen molar-refractivity contribution in [3.63, 3.8) is 0 Å². The van der Waals surface area contributed by atoms with Gasteiger partial charge in [0.2, 0.25) is 11.8 Å². The summed E-state index contributed by atoms with van der Waals surface area (Å²) in [6, 6.07) is 0. The van der Waals surface area contributed by atoms with Gasteiger partial charge in [-0.2, -0.15) is 0 Å². The fourth-order valence-corrected chi connectivity index (χ4v) is 3.46. The molecule has 0 atom stereocenters. The third-order valence-electron chi connectivity index (χ3n) is 5.72. The minimum Gasteiger partial charge on any atom is -0.379 e. The second kappa shape index (κ2) is 39.6. The van der Waals surface area contributed by atoms with Gasteiger partial charge < -0.3 is 59.0 Å². The molecule has 0 aromatic carbocycles. The quantitative estimate of drug-likeness (QED) is 0.0307. The van der Waals surface area contributed by atoms with Crippen LogP contribution in [0.2, 0.25) is 0 Å². The number of carbonyl (C=O) groups is 2. The third-order valence-corrected chi connectivity index (χ3v) is 5.72. The minimum atomic E-state index is -0.254. The van der Waals surface area contributed by atoms with Crippen molar-refractivity contribution in [2.75, 3.05) is 171 Å².